The molecule has 12 heteroatoms. The Morgan fingerprint density at radius 2 is 1.57 bits per heavy atom. The number of carbonyl (C=O) groups excluding carboxylic acids is 4. The van der Waals surface area contributed by atoms with Gasteiger partial charge < -0.3 is 14.6 Å². The van der Waals surface area contributed by atoms with Crippen LogP contribution < -0.4 is 14.9 Å². The number of hydrogen-bond acceptors (Lipinski definition) is 8. The van der Waals surface area contributed by atoms with Gasteiger partial charge in [0.2, 0.25) is 11.8 Å². The summed E-state index contributed by atoms with van der Waals surface area (Å²) in [6.07, 6.45) is 6.97. The van der Waals surface area contributed by atoms with Crippen LogP contribution in [0.1, 0.15) is 67.6 Å². The minimum atomic E-state index is -1.61. The molecular formula is C46H43Cl2N3O7. The Bertz CT molecular complexity index is 2330. The van der Waals surface area contributed by atoms with Crippen LogP contribution >= 0.6 is 23.2 Å². The number of imide groups is 2. The highest BCUT2D eigenvalue weighted by Gasteiger charge is 2.71. The molecule has 2 saturated heterocycles. The van der Waals surface area contributed by atoms with Gasteiger partial charge in [0.15, 0.2) is 0 Å². The zero-order valence-electron chi connectivity index (χ0n) is 31.9. The van der Waals surface area contributed by atoms with Gasteiger partial charge in [-0.1, -0.05) is 103 Å². The van der Waals surface area contributed by atoms with E-state index in [0.29, 0.717) is 39.8 Å². The molecule has 4 amide bonds. The zero-order valence-corrected chi connectivity index (χ0v) is 33.4. The lowest BCUT2D eigenvalue weighted by atomic mass is 9.49. The summed E-state index contributed by atoms with van der Waals surface area (Å²) < 4.78 is 11.6. The first kappa shape index (κ1) is 38.2. The zero-order chi connectivity index (χ0) is 40.3. The minimum absolute atomic E-state index is 0.128. The maximum absolute atomic E-state index is 15.6. The third-order valence-electron chi connectivity index (χ3n) is 13.1. The number of phenolic OH excluding ortho intramolecular Hbond substituents is 1. The van der Waals surface area contributed by atoms with Gasteiger partial charge in [-0.2, -0.15) is 5.01 Å². The lowest BCUT2D eigenvalue weighted by Crippen LogP contribution is -2.53. The van der Waals surface area contributed by atoms with Crippen LogP contribution in [0.2, 0.25) is 10.0 Å². The van der Waals surface area contributed by atoms with E-state index in [9.17, 15) is 14.7 Å². The molecule has 2 saturated carbocycles. The Morgan fingerprint density at radius 1 is 0.828 bits per heavy atom. The number of ether oxygens (including phenoxy) is 2. The Morgan fingerprint density at radius 3 is 2.28 bits per heavy atom. The molecule has 0 bridgehead atoms. The summed E-state index contributed by atoms with van der Waals surface area (Å²) in [5.41, 5.74) is 4.35. The molecule has 4 aromatic carbocycles. The number of nitrogens with one attached hydrogen (secondary N) is 1. The number of likely N-dealkylation sites (tertiary alicyclic amines) is 1. The number of hydrogen-bond donors (Lipinski definition) is 2. The largest absolute Gasteiger partial charge is 0.508 e. The summed E-state index contributed by atoms with van der Waals surface area (Å²) >= 11 is 12.8. The molecule has 6 atom stereocenters. The molecule has 4 aromatic rings. The van der Waals surface area contributed by atoms with Crippen molar-refractivity contribution in [2.45, 2.75) is 68.9 Å². The first-order valence-corrected chi connectivity index (χ1v) is 20.7. The summed E-state index contributed by atoms with van der Waals surface area (Å²) in [5.74, 6) is -4.37. The molecule has 2 heterocycles. The van der Waals surface area contributed by atoms with E-state index < -0.39 is 46.8 Å². The van der Waals surface area contributed by atoms with Gasteiger partial charge in [-0.05, 0) is 79.1 Å². The SMILES string of the molecule is COc1ccc(C23C(=O)N(Nc4ccc(Cl)cc4Cl)C(=O)C2CC2C(=CCC4C(=O)N(C5CCCCC5)C(=O)C42)C3c2ccc(OCc3ccccc3)cc2O)cc1. The number of carbonyl (C=O) groups is 4. The van der Waals surface area contributed by atoms with E-state index in [1.807, 2.05) is 36.4 Å². The minimum Gasteiger partial charge on any atom is -0.508 e. The first-order valence-electron chi connectivity index (χ1n) is 19.9. The summed E-state index contributed by atoms with van der Waals surface area (Å²) in [4.78, 5) is 61.0. The van der Waals surface area contributed by atoms with Crippen molar-refractivity contribution in [2.24, 2.45) is 23.7 Å². The number of rotatable bonds is 9. The van der Waals surface area contributed by atoms with Crippen LogP contribution in [0.5, 0.6) is 17.2 Å². The molecule has 10 nitrogen and oxygen atoms in total. The summed E-state index contributed by atoms with van der Waals surface area (Å²) in [6, 6.07) is 26.4. The number of fused-ring (bicyclic) bond motifs is 4. The van der Waals surface area contributed by atoms with E-state index >= 15 is 9.59 Å². The number of anilines is 1. The Kier molecular flexibility index (Phi) is 9.96. The molecule has 5 aliphatic rings. The van der Waals surface area contributed by atoms with Gasteiger partial charge in [0, 0.05) is 28.6 Å². The van der Waals surface area contributed by atoms with Crippen LogP contribution in [0.15, 0.2) is 103 Å². The van der Waals surface area contributed by atoms with Crippen molar-refractivity contribution in [1.82, 2.24) is 9.91 Å². The highest BCUT2D eigenvalue weighted by atomic mass is 35.5. The van der Waals surface area contributed by atoms with Gasteiger partial charge in [0.1, 0.15) is 23.9 Å². The topological polar surface area (TPSA) is 125 Å². The molecular weight excluding hydrogens is 777 g/mol. The van der Waals surface area contributed by atoms with E-state index in [2.05, 4.69) is 5.43 Å². The van der Waals surface area contributed by atoms with Crippen LogP contribution in [0.25, 0.3) is 0 Å². The number of methoxy groups -OCH3 is 1. The van der Waals surface area contributed by atoms with Crippen LogP contribution in [0, 0.1) is 23.7 Å². The monoisotopic (exact) mass is 819 g/mol. The van der Waals surface area contributed by atoms with E-state index in [0.717, 1.165) is 48.2 Å². The van der Waals surface area contributed by atoms with Crippen LogP contribution in [0.4, 0.5) is 5.69 Å². The highest BCUT2D eigenvalue weighted by molar-refractivity contribution is 6.36. The second-order valence-corrected chi connectivity index (χ2v) is 16.9. The van der Waals surface area contributed by atoms with E-state index in [-0.39, 0.29) is 41.7 Å². The maximum Gasteiger partial charge on any atom is 0.260 e. The molecule has 9 rings (SSSR count). The number of hydrazine groups is 1. The molecule has 58 heavy (non-hydrogen) atoms. The lowest BCUT2D eigenvalue weighted by Gasteiger charge is -2.50. The lowest BCUT2D eigenvalue weighted by molar-refractivity contribution is -0.144. The van der Waals surface area contributed by atoms with E-state index in [4.69, 9.17) is 32.7 Å². The normalized spacial score (nSPS) is 26.9. The van der Waals surface area contributed by atoms with Gasteiger partial charge >= 0.3 is 0 Å². The molecule has 3 aliphatic carbocycles. The second-order valence-electron chi connectivity index (χ2n) is 16.0. The maximum atomic E-state index is 15.6. The number of nitrogens with zero attached hydrogens (tertiary/aromatic N) is 2. The quantitative estimate of drug-likeness (QED) is 0.127. The van der Waals surface area contributed by atoms with Crippen molar-refractivity contribution >= 4 is 52.5 Å². The summed E-state index contributed by atoms with van der Waals surface area (Å²) in [6.45, 7) is 0.270. The molecule has 0 aromatic heterocycles. The smallest absolute Gasteiger partial charge is 0.260 e. The molecule has 4 fully saturated rings. The second kappa shape index (κ2) is 15.1. The van der Waals surface area contributed by atoms with Crippen molar-refractivity contribution in [3.8, 4) is 17.2 Å². The van der Waals surface area contributed by atoms with Crippen molar-refractivity contribution in [3.63, 3.8) is 0 Å². The fourth-order valence-electron chi connectivity index (χ4n) is 10.5. The molecule has 2 N–H and O–H groups in total. The van der Waals surface area contributed by atoms with E-state index in [1.54, 1.807) is 55.6 Å². The van der Waals surface area contributed by atoms with Crippen LogP contribution in [-0.2, 0) is 31.2 Å². The number of allylic oxidation sites excluding steroid dienone is 2. The molecule has 298 valence electrons. The third-order valence-corrected chi connectivity index (χ3v) is 13.7. The summed E-state index contributed by atoms with van der Waals surface area (Å²) in [7, 11) is 1.55. The molecule has 0 radical (unpaired) electrons. The first-order chi connectivity index (χ1) is 28.1. The third kappa shape index (κ3) is 6.14. The number of phenols is 1. The van der Waals surface area contributed by atoms with Crippen molar-refractivity contribution in [2.75, 3.05) is 12.5 Å². The van der Waals surface area contributed by atoms with E-state index in [1.165, 1.54) is 17.0 Å². The standard InChI is InChI=1S/C46H43Cl2N3O7/c1-57-30-15-12-27(13-16-30)46-36(43(54)51(45(46)56)49-38-21-14-28(47)22-37(38)48)24-35-32(19-20-34-40(35)44(55)50(42(34)53)29-10-6-3-7-11-29)41(46)33-18-17-31(23-39(33)52)58-25-26-8-4-2-5-9-26/h2,4-5,8-9,12-19,21-23,29,34-36,40-41,49,52H,3,6-7,10-11,20,24-25H2,1H3. The predicted octanol–water partition coefficient (Wildman–Crippen LogP) is 8.60. The molecule has 0 spiro atoms. The predicted molar refractivity (Wildman–Crippen MR) is 218 cm³/mol. The van der Waals surface area contributed by atoms with Crippen molar-refractivity contribution in [1.29, 1.82) is 0 Å². The average Bonchev–Trinajstić information content (AvgIpc) is 3.62. The Labute approximate surface area is 346 Å². The fourth-order valence-corrected chi connectivity index (χ4v) is 11.0. The van der Waals surface area contributed by atoms with Gasteiger partial charge in [-0.15, -0.1) is 0 Å². The van der Waals surface area contributed by atoms with Crippen LogP contribution in [-0.4, -0.2) is 51.8 Å². The van der Waals surface area contributed by atoms with Gasteiger partial charge in [0.05, 0.1) is 41.0 Å². The number of benzene rings is 4. The Hall–Kier alpha value is -5.32. The van der Waals surface area contributed by atoms with Crippen molar-refractivity contribution in [3.05, 3.63) is 129 Å². The molecule has 6 unspecified atom stereocenters. The van der Waals surface area contributed by atoms with Gasteiger partial charge in [-0.25, -0.2) is 0 Å². The summed E-state index contributed by atoms with van der Waals surface area (Å²) in [5, 5.41) is 13.7. The van der Waals surface area contributed by atoms with Crippen LogP contribution in [0.3, 0.4) is 0 Å². The highest BCUT2D eigenvalue weighted by Crippen LogP contribution is 2.65. The Balaban J connectivity index is 1.20. The fraction of sp³-hybridized carbons (Fsp3) is 0.348. The average molecular weight is 821 g/mol. The van der Waals surface area contributed by atoms with Crippen molar-refractivity contribution < 1.29 is 33.8 Å². The van der Waals surface area contributed by atoms with Gasteiger partial charge in [-0.3, -0.25) is 29.5 Å². The number of aromatic hydroxyl groups is 1. The van der Waals surface area contributed by atoms with Gasteiger partial charge in [0.25, 0.3) is 11.8 Å². The number of amides is 4. The molecule has 2 aliphatic heterocycles. The number of halogens is 2.